The molecule has 4 heterocycles. The summed E-state index contributed by atoms with van der Waals surface area (Å²) in [6.45, 7) is 0. The normalized spacial score (nSPS) is 17.2. The van der Waals surface area contributed by atoms with Crippen molar-refractivity contribution in [2.75, 3.05) is 10.6 Å². The molecule has 0 radical (unpaired) electrons. The molecule has 0 bridgehead atoms. The number of nitrogens with one attached hydrogen (secondary N) is 2. The number of fused-ring (bicyclic) bond motifs is 10. The van der Waals surface area contributed by atoms with Gasteiger partial charge in [0.25, 0.3) is 0 Å². The van der Waals surface area contributed by atoms with Crippen LogP contribution in [0, 0.1) is 0 Å². The van der Waals surface area contributed by atoms with E-state index in [1.54, 1.807) is 0 Å². The van der Waals surface area contributed by atoms with E-state index < -0.39 is 0 Å². The van der Waals surface area contributed by atoms with Crippen molar-refractivity contribution in [1.29, 1.82) is 0 Å². The van der Waals surface area contributed by atoms with Gasteiger partial charge in [-0.2, -0.15) is 0 Å². The van der Waals surface area contributed by atoms with Crippen LogP contribution >= 0.6 is 11.3 Å². The topological polar surface area (TPSA) is 29.0 Å². The maximum atomic E-state index is 4.06. The summed E-state index contributed by atoms with van der Waals surface area (Å²) in [4.78, 5) is 1.52. The van der Waals surface area contributed by atoms with E-state index >= 15 is 0 Å². The third kappa shape index (κ3) is 3.75. The molecule has 3 aliphatic rings. The highest BCUT2D eigenvalue weighted by Gasteiger charge is 2.41. The second kappa shape index (κ2) is 9.96. The van der Waals surface area contributed by atoms with Gasteiger partial charge in [0.05, 0.1) is 28.5 Å². The van der Waals surface area contributed by atoms with Crippen LogP contribution in [0.1, 0.15) is 34.6 Å². The fourth-order valence-corrected chi connectivity index (χ4v) is 9.67. The zero-order chi connectivity index (χ0) is 31.3. The van der Waals surface area contributed by atoms with Crippen LogP contribution in [0.15, 0.2) is 133 Å². The van der Waals surface area contributed by atoms with Crippen LogP contribution in [0.5, 0.6) is 0 Å². The maximum absolute atomic E-state index is 4.06. The van der Waals surface area contributed by atoms with Crippen molar-refractivity contribution in [2.45, 2.75) is 25.0 Å². The number of rotatable bonds is 3. The number of hydrogen-bond donors (Lipinski definition) is 2. The molecule has 2 unspecified atom stereocenters. The Morgan fingerprint density at radius 3 is 2.19 bits per heavy atom. The third-order valence-corrected chi connectivity index (χ3v) is 11.9. The molecule has 0 saturated carbocycles. The fourth-order valence-electron chi connectivity index (χ4n) is 8.48. The second-order valence-electron chi connectivity index (χ2n) is 13.3. The SMILES string of the molecule is C1=Cc2c(sc3ccc(-c4ccc5c6cc(-c7ccccc7)ccc6n6c5c4C4Nc5cc(-c7ccccc7)ccc5NC46)cc23)CC1. The van der Waals surface area contributed by atoms with E-state index in [9.17, 15) is 0 Å². The van der Waals surface area contributed by atoms with Crippen molar-refractivity contribution >= 4 is 60.7 Å². The van der Waals surface area contributed by atoms with Gasteiger partial charge in [-0.3, -0.25) is 0 Å². The molecule has 0 spiro atoms. The van der Waals surface area contributed by atoms with Gasteiger partial charge in [-0.05, 0) is 88.2 Å². The number of aryl methyl sites for hydroxylation is 1. The molecule has 0 amide bonds. The number of aromatic nitrogens is 1. The second-order valence-corrected chi connectivity index (χ2v) is 14.5. The summed E-state index contributed by atoms with van der Waals surface area (Å²) in [5.41, 5.74) is 15.2. The van der Waals surface area contributed by atoms with E-state index in [2.05, 4.69) is 155 Å². The Morgan fingerprint density at radius 1 is 0.604 bits per heavy atom. The van der Waals surface area contributed by atoms with Gasteiger partial charge in [-0.1, -0.05) is 103 Å². The van der Waals surface area contributed by atoms with Crippen LogP contribution < -0.4 is 10.6 Å². The Hall–Kier alpha value is -5.58. The quantitative estimate of drug-likeness (QED) is 0.203. The lowest BCUT2D eigenvalue weighted by atomic mass is 9.90. The van der Waals surface area contributed by atoms with E-state index in [-0.39, 0.29) is 12.2 Å². The van der Waals surface area contributed by atoms with Crippen LogP contribution in [0.3, 0.4) is 0 Å². The highest BCUT2D eigenvalue weighted by molar-refractivity contribution is 7.19. The van der Waals surface area contributed by atoms with Crippen molar-refractivity contribution in [3.05, 3.63) is 149 Å². The monoisotopic (exact) mass is 633 g/mol. The molecule has 2 atom stereocenters. The average molecular weight is 634 g/mol. The lowest BCUT2D eigenvalue weighted by molar-refractivity contribution is 0.540. The lowest BCUT2D eigenvalue weighted by Gasteiger charge is -2.34. The average Bonchev–Trinajstić information content (AvgIpc) is 3.80. The minimum absolute atomic E-state index is 0.0411. The number of thiophene rings is 1. The Kier molecular flexibility index (Phi) is 5.50. The zero-order valence-corrected chi connectivity index (χ0v) is 27.0. The van der Waals surface area contributed by atoms with Gasteiger partial charge in [-0.15, -0.1) is 11.3 Å². The Labute approximate surface area is 282 Å². The number of hydrogen-bond acceptors (Lipinski definition) is 3. The molecule has 2 aromatic heterocycles. The molecule has 1 aliphatic carbocycles. The third-order valence-electron chi connectivity index (χ3n) is 10.7. The Morgan fingerprint density at radius 2 is 1.35 bits per heavy atom. The smallest absolute Gasteiger partial charge is 0.129 e. The summed E-state index contributed by atoms with van der Waals surface area (Å²) in [5, 5.41) is 12.1. The first-order valence-electron chi connectivity index (χ1n) is 16.9. The fraction of sp³-hybridized carbons (Fsp3) is 0.0909. The molecule has 8 aromatic rings. The van der Waals surface area contributed by atoms with Crippen LogP contribution in [0.4, 0.5) is 11.4 Å². The molecule has 2 aliphatic heterocycles. The Bertz CT molecular complexity index is 2630. The molecular weight excluding hydrogens is 603 g/mol. The van der Waals surface area contributed by atoms with Gasteiger partial charge >= 0.3 is 0 Å². The summed E-state index contributed by atoms with van der Waals surface area (Å²) in [6, 6.07) is 47.1. The van der Waals surface area contributed by atoms with Crippen LogP contribution in [-0.2, 0) is 6.42 Å². The number of anilines is 2. The minimum atomic E-state index is 0.0411. The molecule has 11 rings (SSSR count). The van der Waals surface area contributed by atoms with E-state index in [4.69, 9.17) is 0 Å². The predicted octanol–water partition coefficient (Wildman–Crippen LogP) is 12.1. The molecule has 2 N–H and O–H groups in total. The van der Waals surface area contributed by atoms with Crippen molar-refractivity contribution in [2.24, 2.45) is 0 Å². The predicted molar refractivity (Wildman–Crippen MR) is 204 cm³/mol. The number of allylic oxidation sites excluding steroid dienone is 1. The first-order chi connectivity index (χ1) is 23.8. The Balaban J connectivity index is 1.14. The van der Waals surface area contributed by atoms with Crippen molar-refractivity contribution < 1.29 is 0 Å². The highest BCUT2D eigenvalue weighted by Crippen LogP contribution is 2.54. The molecular formula is C44H31N3S. The molecule has 0 saturated heterocycles. The van der Waals surface area contributed by atoms with Gasteiger partial charge in [0.15, 0.2) is 0 Å². The molecule has 4 heteroatoms. The van der Waals surface area contributed by atoms with E-state index in [1.807, 2.05) is 11.3 Å². The van der Waals surface area contributed by atoms with Gasteiger partial charge < -0.3 is 15.2 Å². The summed E-state index contributed by atoms with van der Waals surface area (Å²) < 4.78 is 3.95. The summed E-state index contributed by atoms with van der Waals surface area (Å²) >= 11 is 1.96. The van der Waals surface area contributed by atoms with Crippen molar-refractivity contribution in [3.63, 3.8) is 0 Å². The molecule has 6 aromatic carbocycles. The molecule has 0 fully saturated rings. The molecule has 228 valence electrons. The number of nitrogens with zero attached hydrogens (tertiary/aromatic N) is 1. The van der Waals surface area contributed by atoms with Crippen molar-refractivity contribution in [3.8, 4) is 33.4 Å². The van der Waals surface area contributed by atoms with Gasteiger partial charge in [0, 0.05) is 31.3 Å². The van der Waals surface area contributed by atoms with E-state index in [0.717, 1.165) is 24.2 Å². The summed E-state index contributed by atoms with van der Waals surface area (Å²) in [7, 11) is 0. The molecule has 3 nitrogen and oxygen atoms in total. The number of benzene rings is 6. The summed E-state index contributed by atoms with van der Waals surface area (Å²) in [5.74, 6) is 0. The van der Waals surface area contributed by atoms with E-state index in [0.29, 0.717) is 0 Å². The van der Waals surface area contributed by atoms with Gasteiger partial charge in [0.2, 0.25) is 0 Å². The molecule has 48 heavy (non-hydrogen) atoms. The highest BCUT2D eigenvalue weighted by atomic mass is 32.1. The van der Waals surface area contributed by atoms with Crippen LogP contribution in [-0.4, -0.2) is 4.57 Å². The van der Waals surface area contributed by atoms with Gasteiger partial charge in [-0.25, -0.2) is 0 Å². The van der Waals surface area contributed by atoms with Crippen molar-refractivity contribution in [1.82, 2.24) is 4.57 Å². The summed E-state index contributed by atoms with van der Waals surface area (Å²) in [6.07, 6.45) is 7.00. The first-order valence-corrected chi connectivity index (χ1v) is 17.7. The van der Waals surface area contributed by atoms with Gasteiger partial charge in [0.1, 0.15) is 6.17 Å². The van der Waals surface area contributed by atoms with Crippen LogP contribution in [0.25, 0.3) is 71.3 Å². The van der Waals surface area contributed by atoms with E-state index in [1.165, 1.54) is 81.3 Å². The first kappa shape index (κ1) is 26.5. The lowest BCUT2D eigenvalue weighted by Crippen LogP contribution is -2.30. The van der Waals surface area contributed by atoms with Crippen LogP contribution in [0.2, 0.25) is 0 Å². The maximum Gasteiger partial charge on any atom is 0.129 e. The standard InChI is InChI=1S/C44H31N3S/c1-3-9-26(10-4-1)28-16-21-38-34(23-28)33-19-18-31(30-17-22-40-35(24-30)32-13-7-8-14-39(32)48-40)41-42-44(47(38)43(33)41)46-36-20-15-29(25-37(36)45-42)27-11-5-2-6-12-27/h1-7,9-13,15-25,42,44-46H,8,14H2. The minimum Gasteiger partial charge on any atom is -0.373 e. The zero-order valence-electron chi connectivity index (χ0n) is 26.2. The largest absolute Gasteiger partial charge is 0.373 e.